The van der Waals surface area contributed by atoms with E-state index in [1.165, 1.54) is 0 Å². The minimum absolute atomic E-state index is 0.0117. The van der Waals surface area contributed by atoms with Crippen LogP contribution in [-0.2, 0) is 23.4 Å². The van der Waals surface area contributed by atoms with Crippen molar-refractivity contribution in [2.75, 3.05) is 0 Å². The molecule has 0 unspecified atom stereocenters. The summed E-state index contributed by atoms with van der Waals surface area (Å²) in [5.74, 6) is 1.06. The number of fused-ring (bicyclic) bond motifs is 1. The summed E-state index contributed by atoms with van der Waals surface area (Å²) in [6.45, 7) is 7.57. The van der Waals surface area contributed by atoms with Crippen molar-refractivity contribution in [2.45, 2.75) is 39.4 Å². The molecular formula is C22H24N4O. The first kappa shape index (κ1) is 17.3. The summed E-state index contributed by atoms with van der Waals surface area (Å²) in [5.41, 5.74) is 3.00. The molecule has 0 fully saturated rings. The standard InChI is InChI=1S/C22H24N4O/c1-22(2,3)26-21(24-13-7-8-14-24)18-15-25(16-19(18)23-26)20(27)12-11-17-9-5-4-6-10-17/h4-14H,15-16H2,1-3H3/b12-11+. The van der Waals surface area contributed by atoms with Gasteiger partial charge in [0.2, 0.25) is 5.91 Å². The Morgan fingerprint density at radius 1 is 1.04 bits per heavy atom. The lowest BCUT2D eigenvalue weighted by atomic mass is 10.1. The third-order valence-corrected chi connectivity index (χ3v) is 4.74. The Morgan fingerprint density at radius 2 is 1.74 bits per heavy atom. The quantitative estimate of drug-likeness (QED) is 0.663. The lowest BCUT2D eigenvalue weighted by Gasteiger charge is -2.24. The summed E-state index contributed by atoms with van der Waals surface area (Å²) in [6, 6.07) is 13.9. The minimum atomic E-state index is -0.133. The summed E-state index contributed by atoms with van der Waals surface area (Å²) in [4.78, 5) is 14.5. The Morgan fingerprint density at radius 3 is 2.41 bits per heavy atom. The van der Waals surface area contributed by atoms with Gasteiger partial charge in [-0.05, 0) is 44.5 Å². The number of aromatic nitrogens is 3. The van der Waals surface area contributed by atoms with Crippen molar-refractivity contribution >= 4 is 12.0 Å². The van der Waals surface area contributed by atoms with Crippen molar-refractivity contribution in [3.63, 3.8) is 0 Å². The normalized spacial score (nSPS) is 14.1. The van der Waals surface area contributed by atoms with E-state index in [0.29, 0.717) is 13.1 Å². The van der Waals surface area contributed by atoms with Gasteiger partial charge < -0.3 is 9.47 Å². The molecule has 0 aliphatic carbocycles. The number of carbonyl (C=O) groups excluding carboxylic acids is 1. The van der Waals surface area contributed by atoms with Gasteiger partial charge >= 0.3 is 0 Å². The Kier molecular flexibility index (Phi) is 4.22. The van der Waals surface area contributed by atoms with Crippen LogP contribution >= 0.6 is 0 Å². The summed E-state index contributed by atoms with van der Waals surface area (Å²) in [7, 11) is 0. The van der Waals surface area contributed by atoms with Crippen LogP contribution < -0.4 is 0 Å². The van der Waals surface area contributed by atoms with E-state index in [1.54, 1.807) is 6.08 Å². The summed E-state index contributed by atoms with van der Waals surface area (Å²) >= 11 is 0. The van der Waals surface area contributed by atoms with Gasteiger partial charge in [-0.3, -0.25) is 4.79 Å². The number of amides is 1. The molecule has 1 aromatic carbocycles. The van der Waals surface area contributed by atoms with E-state index in [2.05, 4.69) is 30.0 Å². The Balaban J connectivity index is 1.61. The highest BCUT2D eigenvalue weighted by Gasteiger charge is 2.32. The van der Waals surface area contributed by atoms with Crippen molar-refractivity contribution < 1.29 is 4.79 Å². The first-order chi connectivity index (χ1) is 12.9. The third kappa shape index (κ3) is 3.33. The first-order valence-corrected chi connectivity index (χ1v) is 9.20. The molecule has 0 radical (unpaired) electrons. The van der Waals surface area contributed by atoms with E-state index in [0.717, 1.165) is 22.6 Å². The second-order valence-corrected chi connectivity index (χ2v) is 7.86. The monoisotopic (exact) mass is 360 g/mol. The van der Waals surface area contributed by atoms with Gasteiger partial charge in [0, 0.05) is 24.0 Å². The van der Waals surface area contributed by atoms with Gasteiger partial charge in [-0.2, -0.15) is 5.10 Å². The summed E-state index contributed by atoms with van der Waals surface area (Å²) < 4.78 is 4.16. The van der Waals surface area contributed by atoms with Crippen molar-refractivity contribution in [3.05, 3.63) is 77.8 Å². The number of rotatable bonds is 3. The fourth-order valence-electron chi connectivity index (χ4n) is 3.40. The van der Waals surface area contributed by atoms with Crippen molar-refractivity contribution in [2.24, 2.45) is 0 Å². The molecular weight excluding hydrogens is 336 g/mol. The second kappa shape index (κ2) is 6.58. The van der Waals surface area contributed by atoms with Crippen LogP contribution in [0.25, 0.3) is 11.9 Å². The van der Waals surface area contributed by atoms with Gasteiger partial charge in [0.25, 0.3) is 0 Å². The van der Waals surface area contributed by atoms with Gasteiger partial charge in [-0.25, -0.2) is 4.68 Å². The predicted octanol–water partition coefficient (Wildman–Crippen LogP) is 3.98. The fourth-order valence-corrected chi connectivity index (χ4v) is 3.40. The average Bonchev–Trinajstić information content (AvgIpc) is 3.34. The number of hydrogen-bond acceptors (Lipinski definition) is 2. The van der Waals surface area contributed by atoms with Gasteiger partial charge in [-0.1, -0.05) is 30.3 Å². The molecule has 1 amide bonds. The van der Waals surface area contributed by atoms with Crippen LogP contribution in [0.4, 0.5) is 0 Å². The molecule has 0 bridgehead atoms. The van der Waals surface area contributed by atoms with E-state index in [4.69, 9.17) is 5.10 Å². The van der Waals surface area contributed by atoms with E-state index in [-0.39, 0.29) is 11.4 Å². The predicted molar refractivity (Wildman–Crippen MR) is 106 cm³/mol. The van der Waals surface area contributed by atoms with Crippen LogP contribution in [0.5, 0.6) is 0 Å². The molecule has 138 valence electrons. The largest absolute Gasteiger partial charge is 0.329 e. The molecule has 27 heavy (non-hydrogen) atoms. The third-order valence-electron chi connectivity index (χ3n) is 4.74. The van der Waals surface area contributed by atoms with Crippen LogP contribution in [0, 0.1) is 0 Å². The first-order valence-electron chi connectivity index (χ1n) is 9.20. The Bertz CT molecular complexity index is 975. The molecule has 5 nitrogen and oxygen atoms in total. The molecule has 3 heterocycles. The molecule has 1 aliphatic rings. The molecule has 0 atom stereocenters. The Hall–Kier alpha value is -3.08. The van der Waals surface area contributed by atoms with Gasteiger partial charge in [0.1, 0.15) is 5.82 Å². The van der Waals surface area contributed by atoms with E-state index < -0.39 is 0 Å². The van der Waals surface area contributed by atoms with Gasteiger partial charge in [0.05, 0.1) is 24.3 Å². The van der Waals surface area contributed by atoms with Crippen molar-refractivity contribution in [1.82, 2.24) is 19.2 Å². The highest BCUT2D eigenvalue weighted by molar-refractivity contribution is 5.92. The number of nitrogens with zero attached hydrogens (tertiary/aromatic N) is 4. The zero-order valence-corrected chi connectivity index (χ0v) is 16.0. The van der Waals surface area contributed by atoms with Crippen LogP contribution in [-0.4, -0.2) is 25.2 Å². The summed E-state index contributed by atoms with van der Waals surface area (Å²) in [5, 5.41) is 4.85. The zero-order valence-electron chi connectivity index (χ0n) is 16.0. The minimum Gasteiger partial charge on any atom is -0.329 e. The van der Waals surface area contributed by atoms with Gasteiger partial charge in [0.15, 0.2) is 0 Å². The number of benzene rings is 1. The van der Waals surface area contributed by atoms with Crippen LogP contribution in [0.3, 0.4) is 0 Å². The lowest BCUT2D eigenvalue weighted by molar-refractivity contribution is -0.126. The molecule has 1 aliphatic heterocycles. The topological polar surface area (TPSA) is 43.1 Å². The van der Waals surface area contributed by atoms with E-state index in [9.17, 15) is 4.79 Å². The van der Waals surface area contributed by atoms with Crippen LogP contribution in [0.1, 0.15) is 37.6 Å². The molecule has 0 spiro atoms. The van der Waals surface area contributed by atoms with Crippen LogP contribution in [0.15, 0.2) is 60.9 Å². The lowest BCUT2D eigenvalue weighted by Crippen LogP contribution is -2.29. The second-order valence-electron chi connectivity index (χ2n) is 7.86. The van der Waals surface area contributed by atoms with E-state index >= 15 is 0 Å². The molecule has 4 rings (SSSR count). The number of carbonyl (C=O) groups is 1. The molecule has 2 aromatic heterocycles. The molecule has 0 saturated heterocycles. The highest BCUT2D eigenvalue weighted by Crippen LogP contribution is 2.32. The smallest absolute Gasteiger partial charge is 0.247 e. The maximum atomic E-state index is 12.7. The van der Waals surface area contributed by atoms with Crippen molar-refractivity contribution in [1.29, 1.82) is 0 Å². The SMILES string of the molecule is CC(C)(C)n1nc2c(c1-n1cccc1)CN(C(=O)/C=C/c1ccccc1)C2. The Labute approximate surface area is 159 Å². The summed E-state index contributed by atoms with van der Waals surface area (Å²) in [6.07, 6.45) is 7.56. The van der Waals surface area contributed by atoms with Gasteiger partial charge in [-0.15, -0.1) is 0 Å². The molecule has 0 saturated carbocycles. The molecule has 3 aromatic rings. The number of hydrogen-bond donors (Lipinski definition) is 0. The maximum Gasteiger partial charge on any atom is 0.247 e. The highest BCUT2D eigenvalue weighted by atomic mass is 16.2. The average molecular weight is 360 g/mol. The molecule has 0 N–H and O–H groups in total. The molecule has 5 heteroatoms. The van der Waals surface area contributed by atoms with E-state index in [1.807, 2.05) is 65.8 Å². The fraction of sp³-hybridized carbons (Fsp3) is 0.273. The van der Waals surface area contributed by atoms with Crippen LogP contribution in [0.2, 0.25) is 0 Å². The zero-order chi connectivity index (χ0) is 19.0. The van der Waals surface area contributed by atoms with Crippen molar-refractivity contribution in [3.8, 4) is 5.82 Å². The maximum absolute atomic E-state index is 12.7.